The fourth-order valence-corrected chi connectivity index (χ4v) is 4.03. The molecule has 0 saturated carbocycles. The predicted molar refractivity (Wildman–Crippen MR) is 90.6 cm³/mol. The fourth-order valence-electron chi connectivity index (χ4n) is 4.03. The Morgan fingerprint density at radius 2 is 1.96 bits per heavy atom. The summed E-state index contributed by atoms with van der Waals surface area (Å²) in [5.74, 6) is 0.0672. The quantitative estimate of drug-likeness (QED) is 0.862. The lowest BCUT2D eigenvalue weighted by Crippen LogP contribution is -2.56. The zero-order valence-electron chi connectivity index (χ0n) is 14.3. The van der Waals surface area contributed by atoms with Crippen molar-refractivity contribution < 1.29 is 14.3 Å². The molecule has 0 aliphatic carbocycles. The van der Waals surface area contributed by atoms with Crippen LogP contribution in [-0.4, -0.2) is 74.6 Å². The lowest BCUT2D eigenvalue weighted by molar-refractivity contribution is -0.139. The maximum Gasteiger partial charge on any atom is 0.248 e. The first-order valence-corrected chi connectivity index (χ1v) is 8.43. The normalized spacial score (nSPS) is 26.9. The Bertz CT molecular complexity index is 592. The van der Waals surface area contributed by atoms with E-state index in [1.165, 1.54) is 12.7 Å². The molecule has 0 radical (unpaired) electrons. The van der Waals surface area contributed by atoms with Crippen molar-refractivity contribution in [2.24, 2.45) is 5.92 Å². The summed E-state index contributed by atoms with van der Waals surface area (Å²) >= 11 is 0. The molecule has 2 amide bonds. The summed E-state index contributed by atoms with van der Waals surface area (Å²) in [6, 6.07) is 10.3. The number of piperazine rings is 1. The van der Waals surface area contributed by atoms with E-state index in [2.05, 4.69) is 22.3 Å². The van der Waals surface area contributed by atoms with Crippen LogP contribution in [0.3, 0.4) is 0 Å². The largest absolute Gasteiger partial charge is 0.375 e. The number of ether oxygens (including phenoxy) is 1. The van der Waals surface area contributed by atoms with Gasteiger partial charge < -0.3 is 15.0 Å². The molecule has 0 aromatic heterocycles. The highest BCUT2D eigenvalue weighted by molar-refractivity contribution is 5.81. The molecule has 2 saturated heterocycles. The van der Waals surface area contributed by atoms with Crippen LogP contribution in [0.25, 0.3) is 0 Å². The van der Waals surface area contributed by atoms with E-state index in [-0.39, 0.29) is 36.3 Å². The molecule has 2 heterocycles. The number of nitrogens with zero attached hydrogens (tertiary/aromatic N) is 2. The van der Waals surface area contributed by atoms with Gasteiger partial charge in [0, 0.05) is 52.3 Å². The number of fused-ring (bicyclic) bond motifs is 1. The second kappa shape index (κ2) is 7.32. The molecule has 130 valence electrons. The second-order valence-electron chi connectivity index (χ2n) is 6.49. The number of carbonyl (C=O) groups excluding carboxylic acids is 2. The molecule has 2 aliphatic heterocycles. The molecule has 24 heavy (non-hydrogen) atoms. The SMILES string of the molecule is CNC(=O)[C@@H]1[C@H]2CN(C(=O)COC)CCN2C[C@H]1c1ccccc1. The summed E-state index contributed by atoms with van der Waals surface area (Å²) in [7, 11) is 3.21. The number of methoxy groups -OCH3 is 1. The van der Waals surface area contributed by atoms with Crippen molar-refractivity contribution in [2.45, 2.75) is 12.0 Å². The van der Waals surface area contributed by atoms with Crippen LogP contribution in [0.1, 0.15) is 11.5 Å². The van der Waals surface area contributed by atoms with E-state index in [0.29, 0.717) is 13.1 Å². The van der Waals surface area contributed by atoms with Gasteiger partial charge >= 0.3 is 0 Å². The van der Waals surface area contributed by atoms with E-state index in [1.54, 1.807) is 7.05 Å². The van der Waals surface area contributed by atoms with Crippen molar-refractivity contribution in [1.82, 2.24) is 15.1 Å². The first-order valence-electron chi connectivity index (χ1n) is 8.43. The Morgan fingerprint density at radius 1 is 1.21 bits per heavy atom. The van der Waals surface area contributed by atoms with Gasteiger partial charge in [0.05, 0.1) is 5.92 Å². The van der Waals surface area contributed by atoms with Crippen LogP contribution < -0.4 is 5.32 Å². The first-order chi connectivity index (χ1) is 11.7. The Labute approximate surface area is 142 Å². The highest BCUT2D eigenvalue weighted by Gasteiger charge is 2.48. The van der Waals surface area contributed by atoms with E-state index < -0.39 is 0 Å². The van der Waals surface area contributed by atoms with Gasteiger partial charge in [-0.2, -0.15) is 0 Å². The second-order valence-corrected chi connectivity index (χ2v) is 6.49. The van der Waals surface area contributed by atoms with Crippen molar-refractivity contribution in [1.29, 1.82) is 0 Å². The van der Waals surface area contributed by atoms with E-state index in [9.17, 15) is 9.59 Å². The van der Waals surface area contributed by atoms with Crippen LogP contribution in [0.4, 0.5) is 0 Å². The predicted octanol–water partition coefficient (Wildman–Crippen LogP) is 0.305. The van der Waals surface area contributed by atoms with Gasteiger partial charge in [0.2, 0.25) is 11.8 Å². The highest BCUT2D eigenvalue weighted by Crippen LogP contribution is 2.39. The zero-order valence-corrected chi connectivity index (χ0v) is 14.3. The molecular weight excluding hydrogens is 306 g/mol. The third kappa shape index (κ3) is 3.16. The lowest BCUT2D eigenvalue weighted by Gasteiger charge is -2.39. The molecule has 0 bridgehead atoms. The number of benzene rings is 1. The maximum absolute atomic E-state index is 12.6. The van der Waals surface area contributed by atoms with E-state index in [1.807, 2.05) is 23.1 Å². The van der Waals surface area contributed by atoms with Gasteiger partial charge in [-0.05, 0) is 5.56 Å². The van der Waals surface area contributed by atoms with Gasteiger partial charge in [-0.3, -0.25) is 14.5 Å². The van der Waals surface area contributed by atoms with Crippen molar-refractivity contribution in [3.8, 4) is 0 Å². The third-order valence-corrected chi connectivity index (χ3v) is 5.21. The average molecular weight is 331 g/mol. The van der Waals surface area contributed by atoms with Gasteiger partial charge in [-0.15, -0.1) is 0 Å². The maximum atomic E-state index is 12.6. The van der Waals surface area contributed by atoms with Crippen molar-refractivity contribution in [3.63, 3.8) is 0 Å². The number of amides is 2. The molecule has 6 heteroatoms. The van der Waals surface area contributed by atoms with Crippen LogP contribution in [-0.2, 0) is 14.3 Å². The molecule has 1 aromatic rings. The van der Waals surface area contributed by atoms with Gasteiger partial charge in [-0.1, -0.05) is 30.3 Å². The van der Waals surface area contributed by atoms with Gasteiger partial charge in [0.1, 0.15) is 6.61 Å². The van der Waals surface area contributed by atoms with Crippen molar-refractivity contribution in [3.05, 3.63) is 35.9 Å². The van der Waals surface area contributed by atoms with Crippen molar-refractivity contribution in [2.75, 3.05) is 46.9 Å². The average Bonchev–Trinajstić information content (AvgIpc) is 3.00. The van der Waals surface area contributed by atoms with Crippen LogP contribution in [0.2, 0.25) is 0 Å². The minimum absolute atomic E-state index is 0.00373. The summed E-state index contributed by atoms with van der Waals surface area (Å²) in [6.07, 6.45) is 0. The number of nitrogens with one attached hydrogen (secondary N) is 1. The molecule has 0 unspecified atom stereocenters. The topological polar surface area (TPSA) is 61.9 Å². The van der Waals surface area contributed by atoms with E-state index >= 15 is 0 Å². The van der Waals surface area contributed by atoms with Gasteiger partial charge in [-0.25, -0.2) is 0 Å². The summed E-state index contributed by atoms with van der Waals surface area (Å²) in [4.78, 5) is 28.9. The first kappa shape index (κ1) is 16.9. The molecule has 0 spiro atoms. The highest BCUT2D eigenvalue weighted by atomic mass is 16.5. The number of hydrogen-bond acceptors (Lipinski definition) is 4. The van der Waals surface area contributed by atoms with Gasteiger partial charge in [0.15, 0.2) is 0 Å². The smallest absolute Gasteiger partial charge is 0.248 e. The zero-order chi connectivity index (χ0) is 17.1. The minimum atomic E-state index is -0.143. The molecular formula is C18H25N3O3. The fraction of sp³-hybridized carbons (Fsp3) is 0.556. The number of carbonyl (C=O) groups is 2. The van der Waals surface area contributed by atoms with Crippen molar-refractivity contribution >= 4 is 11.8 Å². The van der Waals surface area contributed by atoms with Gasteiger partial charge in [0.25, 0.3) is 0 Å². The summed E-state index contributed by atoms with van der Waals surface area (Å²) in [5.41, 5.74) is 1.19. The van der Waals surface area contributed by atoms with Crippen LogP contribution in [0.5, 0.6) is 0 Å². The summed E-state index contributed by atoms with van der Waals surface area (Å²) < 4.78 is 4.97. The lowest BCUT2D eigenvalue weighted by atomic mass is 9.84. The standard InChI is InChI=1S/C18H25N3O3/c1-19-18(23)17-14(13-6-4-3-5-7-13)10-20-8-9-21(11-15(17)20)16(22)12-24-2/h3-7,14-15,17H,8-12H2,1-2H3,(H,19,23)/t14-,15+,17-/m0/s1. The Kier molecular flexibility index (Phi) is 5.16. The molecule has 1 aromatic carbocycles. The Morgan fingerprint density at radius 3 is 2.62 bits per heavy atom. The molecule has 1 N–H and O–H groups in total. The number of hydrogen-bond donors (Lipinski definition) is 1. The summed E-state index contributed by atoms with van der Waals surface area (Å²) in [5, 5.41) is 2.82. The van der Waals surface area contributed by atoms with Crippen LogP contribution in [0.15, 0.2) is 30.3 Å². The Balaban J connectivity index is 1.83. The minimum Gasteiger partial charge on any atom is -0.375 e. The molecule has 3 atom stereocenters. The van der Waals surface area contributed by atoms with E-state index in [0.717, 1.165) is 13.1 Å². The summed E-state index contributed by atoms with van der Waals surface area (Å²) in [6.45, 7) is 3.04. The number of rotatable bonds is 4. The van der Waals surface area contributed by atoms with E-state index in [4.69, 9.17) is 4.74 Å². The van der Waals surface area contributed by atoms with Crippen LogP contribution >= 0.6 is 0 Å². The Hall–Kier alpha value is -1.92. The third-order valence-electron chi connectivity index (χ3n) is 5.21. The molecule has 2 fully saturated rings. The molecule has 3 rings (SSSR count). The molecule has 2 aliphatic rings. The van der Waals surface area contributed by atoms with Crippen LogP contribution in [0, 0.1) is 5.92 Å². The monoisotopic (exact) mass is 331 g/mol. The molecule has 6 nitrogen and oxygen atoms in total.